The number of nitro benzene ring substituents is 1. The lowest BCUT2D eigenvalue weighted by atomic mass is 10.2. The minimum atomic E-state index is -1.23. The first-order valence-corrected chi connectivity index (χ1v) is 9.01. The zero-order valence-electron chi connectivity index (χ0n) is 14.0. The van der Waals surface area contributed by atoms with E-state index in [2.05, 4.69) is 5.32 Å². The third-order valence-electron chi connectivity index (χ3n) is 3.59. The molecule has 0 spiro atoms. The van der Waals surface area contributed by atoms with Gasteiger partial charge in [0.25, 0.3) is 11.6 Å². The van der Waals surface area contributed by atoms with E-state index in [0.29, 0.717) is 17.0 Å². The fourth-order valence-electron chi connectivity index (χ4n) is 2.34. The molecule has 3 aromatic rings. The molecule has 5 nitrogen and oxygen atoms in total. The lowest BCUT2D eigenvalue weighted by molar-refractivity contribution is -0.385. The Bertz CT molecular complexity index is 1060. The van der Waals surface area contributed by atoms with E-state index in [9.17, 15) is 23.7 Å². The van der Waals surface area contributed by atoms with Gasteiger partial charge in [-0.3, -0.25) is 14.9 Å². The zero-order valence-corrected chi connectivity index (χ0v) is 15.6. The lowest BCUT2D eigenvalue weighted by Crippen LogP contribution is -2.13. The second kappa shape index (κ2) is 8.37. The van der Waals surface area contributed by atoms with Crippen molar-refractivity contribution in [2.24, 2.45) is 0 Å². The number of nitrogens with zero attached hydrogens (tertiary/aromatic N) is 1. The number of anilines is 1. The van der Waals surface area contributed by atoms with Crippen LogP contribution in [0, 0.1) is 21.7 Å². The summed E-state index contributed by atoms with van der Waals surface area (Å²) in [6.07, 6.45) is 0. The highest BCUT2D eigenvalue weighted by atomic mass is 35.5. The molecule has 0 aromatic heterocycles. The van der Waals surface area contributed by atoms with Gasteiger partial charge in [0.05, 0.1) is 15.5 Å². The molecular formula is C19H11ClF2N2O3S. The summed E-state index contributed by atoms with van der Waals surface area (Å²) in [5.41, 5.74) is -0.393. The second-order valence-electron chi connectivity index (χ2n) is 5.59. The van der Waals surface area contributed by atoms with Crippen molar-refractivity contribution in [2.45, 2.75) is 9.79 Å². The molecule has 0 radical (unpaired) electrons. The van der Waals surface area contributed by atoms with Crippen LogP contribution in [0.25, 0.3) is 0 Å². The molecule has 0 heterocycles. The van der Waals surface area contributed by atoms with Crippen LogP contribution in [0.2, 0.25) is 5.02 Å². The maximum atomic E-state index is 13.4. The average molecular weight is 421 g/mol. The zero-order chi connectivity index (χ0) is 20.3. The van der Waals surface area contributed by atoms with Gasteiger partial charge in [0.1, 0.15) is 0 Å². The molecule has 0 saturated heterocycles. The van der Waals surface area contributed by atoms with Crippen molar-refractivity contribution in [3.63, 3.8) is 0 Å². The quantitative estimate of drug-likeness (QED) is 0.315. The Labute approximate surface area is 167 Å². The molecular weight excluding hydrogens is 410 g/mol. The molecule has 0 saturated carbocycles. The number of non-ortho nitro benzene ring substituents is 1. The number of halogens is 3. The number of amides is 1. The first-order chi connectivity index (χ1) is 13.3. The predicted molar refractivity (Wildman–Crippen MR) is 103 cm³/mol. The van der Waals surface area contributed by atoms with E-state index in [0.717, 1.165) is 4.90 Å². The van der Waals surface area contributed by atoms with Crippen LogP contribution in [0.4, 0.5) is 20.2 Å². The van der Waals surface area contributed by atoms with Crippen LogP contribution in [-0.4, -0.2) is 10.8 Å². The molecule has 28 heavy (non-hydrogen) atoms. The van der Waals surface area contributed by atoms with Gasteiger partial charge in [0.2, 0.25) is 0 Å². The maximum absolute atomic E-state index is 13.4. The van der Waals surface area contributed by atoms with Gasteiger partial charge in [0, 0.05) is 27.6 Å². The molecule has 1 N–H and O–H groups in total. The Balaban J connectivity index is 1.91. The third kappa shape index (κ3) is 4.65. The molecule has 0 bridgehead atoms. The molecule has 0 unspecified atom stereocenters. The van der Waals surface area contributed by atoms with Crippen LogP contribution in [0.1, 0.15) is 10.4 Å². The molecule has 0 atom stereocenters. The van der Waals surface area contributed by atoms with Crippen molar-refractivity contribution in [3.05, 3.63) is 93.0 Å². The summed E-state index contributed by atoms with van der Waals surface area (Å²) in [4.78, 5) is 24.4. The van der Waals surface area contributed by atoms with Crippen LogP contribution in [-0.2, 0) is 0 Å². The monoisotopic (exact) mass is 420 g/mol. The third-order valence-corrected chi connectivity index (χ3v) is 4.89. The number of hydrogen-bond donors (Lipinski definition) is 1. The van der Waals surface area contributed by atoms with Gasteiger partial charge in [-0.2, -0.15) is 0 Å². The van der Waals surface area contributed by atoms with Gasteiger partial charge >= 0.3 is 0 Å². The SMILES string of the molecule is O=C(Nc1cc(Sc2ccccc2)cc([N+](=O)[O-])c1)c1cc(F)c(F)cc1Cl. The maximum Gasteiger partial charge on any atom is 0.272 e. The summed E-state index contributed by atoms with van der Waals surface area (Å²) < 4.78 is 26.6. The molecule has 0 fully saturated rings. The number of carbonyl (C=O) groups excluding carboxylic acids is 1. The number of nitro groups is 1. The summed E-state index contributed by atoms with van der Waals surface area (Å²) in [5, 5.41) is 13.4. The number of nitrogens with one attached hydrogen (secondary N) is 1. The van der Waals surface area contributed by atoms with E-state index in [1.807, 2.05) is 30.3 Å². The van der Waals surface area contributed by atoms with Gasteiger partial charge < -0.3 is 5.32 Å². The van der Waals surface area contributed by atoms with Crippen LogP contribution in [0.3, 0.4) is 0 Å². The molecule has 3 aromatic carbocycles. The van der Waals surface area contributed by atoms with Gasteiger partial charge in [-0.1, -0.05) is 41.6 Å². The number of hydrogen-bond acceptors (Lipinski definition) is 4. The van der Waals surface area contributed by atoms with Crippen LogP contribution in [0.5, 0.6) is 0 Å². The Kier molecular flexibility index (Phi) is 5.91. The van der Waals surface area contributed by atoms with Crippen molar-refractivity contribution in [3.8, 4) is 0 Å². The molecule has 0 aliphatic carbocycles. The van der Waals surface area contributed by atoms with E-state index in [4.69, 9.17) is 11.6 Å². The van der Waals surface area contributed by atoms with E-state index < -0.39 is 22.5 Å². The van der Waals surface area contributed by atoms with Gasteiger partial charge in [0.15, 0.2) is 11.6 Å². The first kappa shape index (κ1) is 19.8. The molecule has 9 heteroatoms. The molecule has 0 aliphatic rings. The Hall–Kier alpha value is -2.97. The van der Waals surface area contributed by atoms with Gasteiger partial charge in [-0.05, 0) is 30.3 Å². The van der Waals surface area contributed by atoms with E-state index in [1.165, 1.54) is 30.0 Å². The minimum absolute atomic E-state index is 0.124. The van der Waals surface area contributed by atoms with Crippen molar-refractivity contribution in [1.82, 2.24) is 0 Å². The highest BCUT2D eigenvalue weighted by molar-refractivity contribution is 7.99. The van der Waals surface area contributed by atoms with Gasteiger partial charge in [-0.25, -0.2) is 8.78 Å². The van der Waals surface area contributed by atoms with Crippen molar-refractivity contribution < 1.29 is 18.5 Å². The predicted octanol–water partition coefficient (Wildman–Crippen LogP) is 5.93. The highest BCUT2D eigenvalue weighted by Crippen LogP contribution is 2.33. The summed E-state index contributed by atoms with van der Waals surface area (Å²) in [6.45, 7) is 0. The van der Waals surface area contributed by atoms with E-state index in [1.54, 1.807) is 0 Å². The number of benzene rings is 3. The lowest BCUT2D eigenvalue weighted by Gasteiger charge is -2.09. The van der Waals surface area contributed by atoms with Crippen LogP contribution >= 0.6 is 23.4 Å². The highest BCUT2D eigenvalue weighted by Gasteiger charge is 2.17. The summed E-state index contributed by atoms with van der Waals surface area (Å²) >= 11 is 7.08. The number of carbonyl (C=O) groups is 1. The summed E-state index contributed by atoms with van der Waals surface area (Å²) in [6, 6.07) is 14.6. The van der Waals surface area contributed by atoms with Crippen LogP contribution < -0.4 is 5.32 Å². The topological polar surface area (TPSA) is 72.2 Å². The normalized spacial score (nSPS) is 10.5. The minimum Gasteiger partial charge on any atom is -0.322 e. The van der Waals surface area contributed by atoms with E-state index in [-0.39, 0.29) is 22.0 Å². The summed E-state index contributed by atoms with van der Waals surface area (Å²) in [5.74, 6) is -3.23. The smallest absolute Gasteiger partial charge is 0.272 e. The number of rotatable bonds is 5. The second-order valence-corrected chi connectivity index (χ2v) is 7.14. The van der Waals surface area contributed by atoms with E-state index >= 15 is 0 Å². The Morgan fingerprint density at radius 3 is 2.36 bits per heavy atom. The molecule has 3 rings (SSSR count). The first-order valence-electron chi connectivity index (χ1n) is 7.82. The van der Waals surface area contributed by atoms with Crippen molar-refractivity contribution >= 4 is 40.6 Å². The standard InChI is InChI=1S/C19H11ClF2N2O3S/c20-16-10-18(22)17(21)9-15(16)19(25)23-11-6-12(24(26)27)8-14(7-11)28-13-4-2-1-3-5-13/h1-10H,(H,23,25). The Morgan fingerprint density at radius 1 is 1.00 bits per heavy atom. The largest absolute Gasteiger partial charge is 0.322 e. The van der Waals surface area contributed by atoms with Crippen LogP contribution in [0.15, 0.2) is 70.5 Å². The fourth-order valence-corrected chi connectivity index (χ4v) is 3.51. The fraction of sp³-hybridized carbons (Fsp3) is 0. The average Bonchev–Trinajstić information content (AvgIpc) is 2.65. The molecule has 142 valence electrons. The molecule has 1 amide bonds. The summed E-state index contributed by atoms with van der Waals surface area (Å²) in [7, 11) is 0. The van der Waals surface area contributed by atoms with Crippen molar-refractivity contribution in [2.75, 3.05) is 5.32 Å². The molecule has 0 aliphatic heterocycles. The van der Waals surface area contributed by atoms with Gasteiger partial charge in [-0.15, -0.1) is 0 Å². The Morgan fingerprint density at radius 2 is 1.68 bits per heavy atom. The van der Waals surface area contributed by atoms with Crippen molar-refractivity contribution in [1.29, 1.82) is 0 Å².